The molecule has 1 aromatic rings. The zero-order chi connectivity index (χ0) is 34.9. The smallest absolute Gasteiger partial charge is 0.189 e. The number of aromatic nitrogens is 3. The van der Waals surface area contributed by atoms with Crippen LogP contribution in [0.1, 0.15) is 70.9 Å². The molecule has 0 radical (unpaired) electrons. The molecular weight excluding hydrogens is 636 g/mol. The standard InChI is InChI=1S/C30H54N6O12/c1-3-5-7-9-11-43-17-20(18-44-12-10-8-6-4-2)45-16-19-14-36(35-33-19)15-22-24(38)26(40)28(42)30(47-22)48-29-27(41)25(39)23(37)21(46-29)13-32-34-31/h14,20-30,37-42H,3-13,15-18H2,1-2H3/t21?,22?,23-,24-,25+,26?,27?,28?,29-,30-/m1/s1. The second-order valence-electron chi connectivity index (χ2n) is 12.2. The van der Waals surface area contributed by atoms with E-state index in [2.05, 4.69) is 34.2 Å². The van der Waals surface area contributed by atoms with Crippen LogP contribution < -0.4 is 0 Å². The Bertz CT molecular complexity index is 1050. The van der Waals surface area contributed by atoms with E-state index in [0.717, 1.165) is 38.5 Å². The van der Waals surface area contributed by atoms with E-state index in [1.165, 1.54) is 17.5 Å². The fraction of sp³-hybridized carbons (Fsp3) is 0.933. The van der Waals surface area contributed by atoms with Gasteiger partial charge in [0, 0.05) is 18.1 Å². The molecule has 3 rings (SSSR count). The van der Waals surface area contributed by atoms with Crippen LogP contribution in [0.5, 0.6) is 0 Å². The van der Waals surface area contributed by atoms with E-state index >= 15 is 0 Å². The molecule has 1 aromatic heterocycles. The molecule has 276 valence electrons. The zero-order valence-electron chi connectivity index (χ0n) is 27.9. The van der Waals surface area contributed by atoms with Crippen molar-refractivity contribution in [1.29, 1.82) is 0 Å². The monoisotopic (exact) mass is 690 g/mol. The van der Waals surface area contributed by atoms with Crippen LogP contribution in [-0.2, 0) is 41.6 Å². The number of azide groups is 1. The van der Waals surface area contributed by atoms with Gasteiger partial charge in [-0.25, -0.2) is 4.68 Å². The number of aliphatic hydroxyl groups excluding tert-OH is 6. The number of aliphatic hydroxyl groups is 6. The molecule has 0 saturated carbocycles. The first kappa shape index (κ1) is 40.4. The second kappa shape index (κ2) is 21.9. The third-order valence-corrected chi connectivity index (χ3v) is 8.24. The highest BCUT2D eigenvalue weighted by Crippen LogP contribution is 2.29. The summed E-state index contributed by atoms with van der Waals surface area (Å²) in [5.74, 6) is 0. The zero-order valence-corrected chi connectivity index (χ0v) is 27.9. The number of hydrogen-bond acceptors (Lipinski definition) is 15. The minimum absolute atomic E-state index is 0.113. The van der Waals surface area contributed by atoms with Crippen molar-refractivity contribution < 1.29 is 59.1 Å². The van der Waals surface area contributed by atoms with Gasteiger partial charge >= 0.3 is 0 Å². The van der Waals surface area contributed by atoms with Crippen molar-refractivity contribution >= 4 is 0 Å². The highest BCUT2D eigenvalue weighted by atomic mass is 16.8. The summed E-state index contributed by atoms with van der Waals surface area (Å²) in [5.41, 5.74) is 9.08. The number of rotatable bonds is 23. The fourth-order valence-electron chi connectivity index (χ4n) is 5.33. The normalized spacial score (nSPS) is 30.9. The van der Waals surface area contributed by atoms with Gasteiger partial charge in [-0.3, -0.25) is 0 Å². The van der Waals surface area contributed by atoms with E-state index in [1.54, 1.807) is 6.20 Å². The summed E-state index contributed by atoms with van der Waals surface area (Å²) < 4.78 is 35.9. The molecule has 2 aliphatic heterocycles. The van der Waals surface area contributed by atoms with Crippen LogP contribution in [-0.4, -0.2) is 146 Å². The summed E-state index contributed by atoms with van der Waals surface area (Å²) in [6.45, 7) is 5.99. The molecule has 10 atom stereocenters. The summed E-state index contributed by atoms with van der Waals surface area (Å²) in [4.78, 5) is 2.59. The number of ether oxygens (including phenoxy) is 6. The summed E-state index contributed by atoms with van der Waals surface area (Å²) in [6.07, 6.45) is -5.71. The van der Waals surface area contributed by atoms with E-state index in [9.17, 15) is 30.6 Å². The van der Waals surface area contributed by atoms with Crippen molar-refractivity contribution in [2.24, 2.45) is 5.11 Å². The van der Waals surface area contributed by atoms with Crippen LogP contribution in [0, 0.1) is 0 Å². The molecule has 0 aliphatic carbocycles. The van der Waals surface area contributed by atoms with Crippen LogP contribution in [0.2, 0.25) is 0 Å². The topological polar surface area (TPSA) is 256 Å². The first-order valence-electron chi connectivity index (χ1n) is 16.9. The molecule has 18 nitrogen and oxygen atoms in total. The number of nitrogens with zero attached hydrogens (tertiary/aromatic N) is 6. The molecule has 18 heteroatoms. The van der Waals surface area contributed by atoms with Gasteiger partial charge in [0.2, 0.25) is 0 Å². The largest absolute Gasteiger partial charge is 0.388 e. The summed E-state index contributed by atoms with van der Waals surface area (Å²) in [5, 5.41) is 74.0. The fourth-order valence-corrected chi connectivity index (χ4v) is 5.33. The van der Waals surface area contributed by atoms with Gasteiger partial charge in [0.15, 0.2) is 12.6 Å². The van der Waals surface area contributed by atoms with E-state index in [4.69, 9.17) is 34.0 Å². The lowest BCUT2D eigenvalue weighted by atomic mass is 9.97. The third kappa shape index (κ3) is 12.7. The van der Waals surface area contributed by atoms with E-state index in [0.29, 0.717) is 32.1 Å². The Morgan fingerprint density at radius 1 is 0.812 bits per heavy atom. The van der Waals surface area contributed by atoms with Crippen molar-refractivity contribution in [2.45, 2.75) is 146 Å². The quantitative estimate of drug-likeness (QED) is 0.0391. The van der Waals surface area contributed by atoms with Crippen molar-refractivity contribution in [2.75, 3.05) is 33.0 Å². The van der Waals surface area contributed by atoms with E-state index < -0.39 is 61.4 Å². The van der Waals surface area contributed by atoms with Crippen molar-refractivity contribution in [3.63, 3.8) is 0 Å². The molecule has 2 saturated heterocycles. The van der Waals surface area contributed by atoms with Crippen LogP contribution in [0.3, 0.4) is 0 Å². The SMILES string of the molecule is CCCCCCOCC(COCCCCCC)OCc1cn(CC2O[C@H](O[C@H]3OC(CN=[N+]=[N-])[C@@H](O)[C@H](O)C3O)C(O)C(O)[C@@H]2O)nn1. The van der Waals surface area contributed by atoms with Crippen LogP contribution in [0.25, 0.3) is 10.4 Å². The van der Waals surface area contributed by atoms with Crippen molar-refractivity contribution in [3.05, 3.63) is 22.3 Å². The van der Waals surface area contributed by atoms with Gasteiger partial charge < -0.3 is 59.1 Å². The molecule has 2 aliphatic rings. The van der Waals surface area contributed by atoms with Gasteiger partial charge in [0.1, 0.15) is 54.5 Å². The molecule has 3 heterocycles. The average molecular weight is 691 g/mol. The predicted molar refractivity (Wildman–Crippen MR) is 167 cm³/mol. The van der Waals surface area contributed by atoms with Gasteiger partial charge in [0.25, 0.3) is 0 Å². The number of unbranched alkanes of at least 4 members (excludes halogenated alkanes) is 6. The van der Waals surface area contributed by atoms with Crippen molar-refractivity contribution in [3.8, 4) is 0 Å². The van der Waals surface area contributed by atoms with E-state index in [-0.39, 0.29) is 25.8 Å². The minimum atomic E-state index is -1.78. The first-order valence-corrected chi connectivity index (χ1v) is 16.9. The lowest BCUT2D eigenvalue weighted by Gasteiger charge is -2.44. The summed E-state index contributed by atoms with van der Waals surface area (Å²) >= 11 is 0. The predicted octanol–water partition coefficient (Wildman–Crippen LogP) is 0.299. The minimum Gasteiger partial charge on any atom is -0.388 e. The maximum atomic E-state index is 10.6. The van der Waals surface area contributed by atoms with Gasteiger partial charge in [-0.2, -0.15) is 0 Å². The Kier molecular flexibility index (Phi) is 18.5. The second-order valence-corrected chi connectivity index (χ2v) is 12.2. The highest BCUT2D eigenvalue weighted by molar-refractivity contribution is 4.95. The molecule has 0 amide bonds. The Morgan fingerprint density at radius 3 is 1.94 bits per heavy atom. The van der Waals surface area contributed by atoms with Crippen LogP contribution in [0.4, 0.5) is 0 Å². The lowest BCUT2D eigenvalue weighted by Crippen LogP contribution is -2.63. The maximum Gasteiger partial charge on any atom is 0.189 e. The maximum absolute atomic E-state index is 10.6. The molecule has 0 aromatic carbocycles. The molecule has 48 heavy (non-hydrogen) atoms. The first-order chi connectivity index (χ1) is 23.2. The molecule has 0 bridgehead atoms. The van der Waals surface area contributed by atoms with Gasteiger partial charge in [-0.05, 0) is 18.4 Å². The summed E-state index contributed by atoms with van der Waals surface area (Å²) in [7, 11) is 0. The highest BCUT2D eigenvalue weighted by Gasteiger charge is 2.49. The Labute approximate surface area is 280 Å². The Morgan fingerprint density at radius 2 is 1.38 bits per heavy atom. The average Bonchev–Trinajstić information content (AvgIpc) is 3.54. The Hall–Kier alpha value is -2.03. The number of hydrogen-bond donors (Lipinski definition) is 6. The van der Waals surface area contributed by atoms with Gasteiger partial charge in [-0.15, -0.1) is 5.10 Å². The molecule has 2 fully saturated rings. The molecular formula is C30H54N6O12. The summed E-state index contributed by atoms with van der Waals surface area (Å²) in [6, 6.07) is 0. The molecule has 0 spiro atoms. The van der Waals surface area contributed by atoms with Crippen LogP contribution >= 0.6 is 0 Å². The van der Waals surface area contributed by atoms with Gasteiger partial charge in [0.05, 0.1) is 45.2 Å². The Balaban J connectivity index is 1.55. The van der Waals surface area contributed by atoms with Gasteiger partial charge in [-0.1, -0.05) is 62.7 Å². The third-order valence-electron chi connectivity index (χ3n) is 8.24. The lowest BCUT2D eigenvalue weighted by molar-refractivity contribution is -0.373. The molecule has 5 unspecified atom stereocenters. The molecule has 6 N–H and O–H groups in total. The van der Waals surface area contributed by atoms with E-state index in [1.807, 2.05) is 0 Å². The van der Waals surface area contributed by atoms with Crippen molar-refractivity contribution in [1.82, 2.24) is 15.0 Å². The van der Waals surface area contributed by atoms with Crippen LogP contribution in [0.15, 0.2) is 11.3 Å².